The Bertz CT molecular complexity index is 1140. The SMILES string of the molecule is COc1ccccc1CNC(=O)C(=O)NC[C@H]1OCCN1S(=O)(=O)c1ccc([N+](=O)[O-])cc1. The monoisotopic (exact) mass is 478 g/mol. The lowest BCUT2D eigenvalue weighted by Crippen LogP contribution is -2.47. The van der Waals surface area contributed by atoms with Crippen molar-refractivity contribution in [2.75, 3.05) is 26.8 Å². The lowest BCUT2D eigenvalue weighted by Gasteiger charge is -2.22. The molecule has 2 N–H and O–H groups in total. The van der Waals surface area contributed by atoms with Crippen LogP contribution >= 0.6 is 0 Å². The molecule has 1 atom stereocenters. The quantitative estimate of drug-likeness (QED) is 0.313. The Morgan fingerprint density at radius 2 is 1.82 bits per heavy atom. The molecule has 0 bridgehead atoms. The molecule has 176 valence electrons. The zero-order valence-electron chi connectivity index (χ0n) is 17.6. The number of nitro groups is 1. The normalized spacial score (nSPS) is 16.2. The van der Waals surface area contributed by atoms with Crippen LogP contribution in [0.3, 0.4) is 0 Å². The number of sulfonamides is 1. The number of non-ortho nitro benzene ring substituents is 1. The standard InChI is InChI=1S/C20H22N4O8S/c1-31-17-5-3-2-4-14(17)12-21-19(25)20(26)22-13-18-23(10-11-32-18)33(29,30)16-8-6-15(7-9-16)24(27)28/h2-9,18H,10-13H2,1H3,(H,21,25)(H,22,26)/t18-/m1/s1. The maximum atomic E-state index is 12.9. The summed E-state index contributed by atoms with van der Waals surface area (Å²) in [7, 11) is -2.54. The van der Waals surface area contributed by atoms with Crippen molar-refractivity contribution in [3.63, 3.8) is 0 Å². The average molecular weight is 478 g/mol. The van der Waals surface area contributed by atoms with Gasteiger partial charge in [-0.25, -0.2) is 8.42 Å². The number of amides is 2. The van der Waals surface area contributed by atoms with Crippen molar-refractivity contribution in [1.29, 1.82) is 0 Å². The number of hydrogen-bond acceptors (Lipinski definition) is 8. The molecule has 0 aliphatic carbocycles. The van der Waals surface area contributed by atoms with E-state index in [1.165, 1.54) is 7.11 Å². The second-order valence-electron chi connectivity index (χ2n) is 6.90. The lowest BCUT2D eigenvalue weighted by molar-refractivity contribution is -0.384. The van der Waals surface area contributed by atoms with Crippen LogP contribution in [0.15, 0.2) is 53.4 Å². The predicted molar refractivity (Wildman–Crippen MR) is 115 cm³/mol. The Balaban J connectivity index is 1.58. The smallest absolute Gasteiger partial charge is 0.309 e. The van der Waals surface area contributed by atoms with E-state index in [1.54, 1.807) is 24.3 Å². The van der Waals surface area contributed by atoms with Gasteiger partial charge in [0.2, 0.25) is 10.0 Å². The van der Waals surface area contributed by atoms with Crippen LogP contribution in [0, 0.1) is 10.1 Å². The summed E-state index contributed by atoms with van der Waals surface area (Å²) >= 11 is 0. The van der Waals surface area contributed by atoms with Gasteiger partial charge in [-0.2, -0.15) is 4.31 Å². The van der Waals surface area contributed by atoms with Crippen LogP contribution in [-0.4, -0.2) is 62.5 Å². The molecule has 2 aromatic carbocycles. The van der Waals surface area contributed by atoms with Crippen molar-refractivity contribution in [3.05, 3.63) is 64.2 Å². The van der Waals surface area contributed by atoms with Gasteiger partial charge in [-0.15, -0.1) is 0 Å². The molecule has 3 rings (SSSR count). The molecule has 1 aliphatic rings. The number of carbonyl (C=O) groups excluding carboxylic acids is 2. The largest absolute Gasteiger partial charge is 0.496 e. The van der Waals surface area contributed by atoms with Gasteiger partial charge < -0.3 is 20.1 Å². The second-order valence-corrected chi connectivity index (χ2v) is 8.79. The molecule has 2 aromatic rings. The number of rotatable bonds is 8. The lowest BCUT2D eigenvalue weighted by atomic mass is 10.2. The van der Waals surface area contributed by atoms with Crippen molar-refractivity contribution in [3.8, 4) is 5.75 Å². The Kier molecular flexibility index (Phi) is 7.58. The third kappa shape index (κ3) is 5.63. The van der Waals surface area contributed by atoms with Crippen LogP contribution in [0.2, 0.25) is 0 Å². The number of ether oxygens (including phenoxy) is 2. The Morgan fingerprint density at radius 3 is 2.48 bits per heavy atom. The highest BCUT2D eigenvalue weighted by Gasteiger charge is 2.37. The first kappa shape index (κ1) is 24.1. The first-order valence-electron chi connectivity index (χ1n) is 9.80. The van der Waals surface area contributed by atoms with Gasteiger partial charge in [-0.1, -0.05) is 18.2 Å². The first-order valence-corrected chi connectivity index (χ1v) is 11.2. The van der Waals surface area contributed by atoms with Crippen LogP contribution in [-0.2, 0) is 30.9 Å². The molecule has 12 nitrogen and oxygen atoms in total. The minimum absolute atomic E-state index is 0.0276. The van der Waals surface area contributed by atoms with Crippen molar-refractivity contribution in [2.45, 2.75) is 17.7 Å². The van der Waals surface area contributed by atoms with Gasteiger partial charge in [0.15, 0.2) is 0 Å². The van der Waals surface area contributed by atoms with Gasteiger partial charge in [0.25, 0.3) is 5.69 Å². The van der Waals surface area contributed by atoms with Crippen LogP contribution in [0.25, 0.3) is 0 Å². The van der Waals surface area contributed by atoms with Crippen molar-refractivity contribution < 1.29 is 32.4 Å². The van der Waals surface area contributed by atoms with E-state index in [0.29, 0.717) is 11.3 Å². The van der Waals surface area contributed by atoms with E-state index in [4.69, 9.17) is 9.47 Å². The molecular weight excluding hydrogens is 456 g/mol. The number of carbonyl (C=O) groups is 2. The molecule has 2 amide bonds. The Hall–Kier alpha value is -3.55. The maximum absolute atomic E-state index is 12.9. The highest BCUT2D eigenvalue weighted by molar-refractivity contribution is 7.89. The summed E-state index contributed by atoms with van der Waals surface area (Å²) in [6.45, 7) is -0.0728. The number of para-hydroxylation sites is 1. The number of nitrogens with zero attached hydrogens (tertiary/aromatic N) is 2. The number of methoxy groups -OCH3 is 1. The van der Waals surface area contributed by atoms with Gasteiger partial charge in [0.05, 0.1) is 30.1 Å². The summed E-state index contributed by atoms with van der Waals surface area (Å²) in [5, 5.41) is 15.6. The van der Waals surface area contributed by atoms with Gasteiger partial charge >= 0.3 is 11.8 Å². The van der Waals surface area contributed by atoms with Crippen molar-refractivity contribution in [2.24, 2.45) is 0 Å². The molecule has 0 saturated carbocycles. The molecule has 1 heterocycles. The molecule has 0 unspecified atom stereocenters. The number of nitrogens with one attached hydrogen (secondary N) is 2. The molecular formula is C20H22N4O8S. The van der Waals surface area contributed by atoms with E-state index in [1.807, 2.05) is 0 Å². The number of hydrogen-bond donors (Lipinski definition) is 2. The summed E-state index contributed by atoms with van der Waals surface area (Å²) < 4.78 is 37.4. The fraction of sp³-hybridized carbons (Fsp3) is 0.300. The van der Waals surface area contributed by atoms with E-state index in [-0.39, 0.29) is 36.8 Å². The minimum atomic E-state index is -4.03. The highest BCUT2D eigenvalue weighted by Crippen LogP contribution is 2.24. The predicted octanol–water partition coefficient (Wildman–Crippen LogP) is 0.383. The van der Waals surface area contributed by atoms with Crippen LogP contribution in [0.1, 0.15) is 5.56 Å². The summed E-state index contributed by atoms with van der Waals surface area (Å²) in [6.07, 6.45) is -1.03. The molecule has 33 heavy (non-hydrogen) atoms. The zero-order chi connectivity index (χ0) is 24.0. The second kappa shape index (κ2) is 10.4. The number of nitro benzene ring substituents is 1. The van der Waals surface area contributed by atoms with Gasteiger partial charge in [-0.05, 0) is 18.2 Å². The van der Waals surface area contributed by atoms with Crippen molar-refractivity contribution in [1.82, 2.24) is 14.9 Å². The fourth-order valence-corrected chi connectivity index (χ4v) is 4.69. The average Bonchev–Trinajstić information content (AvgIpc) is 3.30. The van der Waals surface area contributed by atoms with Crippen LogP contribution < -0.4 is 15.4 Å². The van der Waals surface area contributed by atoms with Gasteiger partial charge in [-0.3, -0.25) is 19.7 Å². The molecule has 1 fully saturated rings. The van der Waals surface area contributed by atoms with Crippen molar-refractivity contribution >= 4 is 27.5 Å². The number of benzene rings is 2. The van der Waals surface area contributed by atoms with Gasteiger partial charge in [0, 0.05) is 30.8 Å². The third-order valence-corrected chi connectivity index (χ3v) is 6.78. The molecule has 1 aliphatic heterocycles. The van der Waals surface area contributed by atoms with E-state index in [9.17, 15) is 28.1 Å². The first-order chi connectivity index (χ1) is 15.7. The zero-order valence-corrected chi connectivity index (χ0v) is 18.4. The highest BCUT2D eigenvalue weighted by atomic mass is 32.2. The molecule has 1 saturated heterocycles. The molecule has 0 aromatic heterocycles. The van der Waals surface area contributed by atoms with E-state index in [2.05, 4.69) is 10.6 Å². The summed E-state index contributed by atoms with van der Waals surface area (Å²) in [5.74, 6) is -1.29. The maximum Gasteiger partial charge on any atom is 0.309 e. The third-order valence-electron chi connectivity index (χ3n) is 4.87. The molecule has 0 radical (unpaired) electrons. The molecule has 0 spiro atoms. The van der Waals surface area contributed by atoms with Gasteiger partial charge in [0.1, 0.15) is 12.0 Å². The van der Waals surface area contributed by atoms with Crippen LogP contribution in [0.5, 0.6) is 5.75 Å². The fourth-order valence-electron chi connectivity index (χ4n) is 3.18. The van der Waals surface area contributed by atoms with E-state index in [0.717, 1.165) is 28.6 Å². The summed E-state index contributed by atoms with van der Waals surface area (Å²) in [6, 6.07) is 11.4. The summed E-state index contributed by atoms with van der Waals surface area (Å²) in [5.41, 5.74) is 0.440. The molecule has 13 heteroatoms. The Labute approximate surface area is 189 Å². The Morgan fingerprint density at radius 1 is 1.15 bits per heavy atom. The van der Waals surface area contributed by atoms with E-state index < -0.39 is 33.0 Å². The topological polar surface area (TPSA) is 157 Å². The van der Waals surface area contributed by atoms with E-state index >= 15 is 0 Å². The van der Waals surface area contributed by atoms with Crippen LogP contribution in [0.4, 0.5) is 5.69 Å². The summed E-state index contributed by atoms with van der Waals surface area (Å²) in [4.78, 5) is 34.3. The minimum Gasteiger partial charge on any atom is -0.496 e.